The first-order valence-corrected chi connectivity index (χ1v) is 7.65. The fourth-order valence-electron chi connectivity index (χ4n) is 2.37. The third-order valence-corrected chi connectivity index (χ3v) is 3.37. The molecule has 1 aromatic rings. The molecular formula is C17H29NO3. The first-order valence-electron chi connectivity index (χ1n) is 7.65. The van der Waals surface area contributed by atoms with Crippen LogP contribution >= 0.6 is 0 Å². The summed E-state index contributed by atoms with van der Waals surface area (Å²) >= 11 is 0. The van der Waals surface area contributed by atoms with E-state index in [2.05, 4.69) is 13.8 Å². The van der Waals surface area contributed by atoms with Crippen molar-refractivity contribution in [2.75, 3.05) is 20.8 Å². The number of hydrogen-bond acceptors (Lipinski definition) is 4. The minimum Gasteiger partial charge on any atom is -0.493 e. The van der Waals surface area contributed by atoms with E-state index in [1.807, 2.05) is 19.1 Å². The molecule has 1 rings (SSSR count). The van der Waals surface area contributed by atoms with Crippen molar-refractivity contribution in [3.8, 4) is 17.2 Å². The highest BCUT2D eigenvalue weighted by Crippen LogP contribution is 2.39. The molecule has 0 heterocycles. The predicted octanol–water partition coefficient (Wildman–Crippen LogP) is 3.41. The zero-order chi connectivity index (χ0) is 15.8. The molecule has 0 saturated heterocycles. The summed E-state index contributed by atoms with van der Waals surface area (Å²) in [5.74, 6) is 2.59. The van der Waals surface area contributed by atoms with E-state index in [0.29, 0.717) is 29.8 Å². The number of rotatable bonds is 9. The molecule has 0 aromatic heterocycles. The average Bonchev–Trinajstić information content (AvgIpc) is 2.44. The van der Waals surface area contributed by atoms with Gasteiger partial charge >= 0.3 is 0 Å². The maximum absolute atomic E-state index is 5.94. The number of methoxy groups -OCH3 is 2. The van der Waals surface area contributed by atoms with Crippen molar-refractivity contribution in [2.45, 2.75) is 46.1 Å². The molecule has 0 aliphatic carbocycles. The molecule has 4 nitrogen and oxygen atoms in total. The fourth-order valence-corrected chi connectivity index (χ4v) is 2.37. The lowest BCUT2D eigenvalue weighted by Crippen LogP contribution is -2.18. The molecule has 21 heavy (non-hydrogen) atoms. The first-order chi connectivity index (χ1) is 10.0. The van der Waals surface area contributed by atoms with Gasteiger partial charge in [0.05, 0.1) is 20.8 Å². The monoisotopic (exact) mass is 295 g/mol. The van der Waals surface area contributed by atoms with Crippen LogP contribution in [0.1, 0.15) is 39.2 Å². The normalized spacial score (nSPS) is 13.6. The van der Waals surface area contributed by atoms with E-state index in [4.69, 9.17) is 19.9 Å². The van der Waals surface area contributed by atoms with E-state index in [1.54, 1.807) is 14.2 Å². The molecule has 2 unspecified atom stereocenters. The van der Waals surface area contributed by atoms with Crippen molar-refractivity contribution < 1.29 is 14.2 Å². The van der Waals surface area contributed by atoms with Crippen LogP contribution in [0.25, 0.3) is 0 Å². The summed E-state index contributed by atoms with van der Waals surface area (Å²) in [5, 5.41) is 0. The maximum Gasteiger partial charge on any atom is 0.203 e. The van der Waals surface area contributed by atoms with E-state index in [9.17, 15) is 0 Å². The van der Waals surface area contributed by atoms with Crippen LogP contribution in [0.2, 0.25) is 0 Å². The molecule has 1 aromatic carbocycles. The number of benzene rings is 1. The van der Waals surface area contributed by atoms with Gasteiger partial charge in [0.25, 0.3) is 0 Å². The van der Waals surface area contributed by atoms with Gasteiger partial charge in [-0.25, -0.2) is 0 Å². The minimum atomic E-state index is 0.0933. The Hall–Kier alpha value is -1.42. The van der Waals surface area contributed by atoms with Crippen molar-refractivity contribution in [2.24, 2.45) is 11.7 Å². The van der Waals surface area contributed by atoms with Crippen molar-refractivity contribution in [1.82, 2.24) is 0 Å². The average molecular weight is 295 g/mol. The molecule has 0 saturated carbocycles. The van der Waals surface area contributed by atoms with Crippen LogP contribution in [0, 0.1) is 5.92 Å². The molecule has 0 radical (unpaired) electrons. The summed E-state index contributed by atoms with van der Waals surface area (Å²) in [5.41, 5.74) is 6.95. The van der Waals surface area contributed by atoms with Crippen LogP contribution in [0.5, 0.6) is 17.2 Å². The standard InChI is InChI=1S/C17H29NO3/c1-6-7-12(2)11-21-17-15(19-4)9-14(8-13(3)18)10-16(17)20-5/h9-10,12-13H,6-8,11,18H2,1-5H3. The molecule has 2 N–H and O–H groups in total. The number of hydrogen-bond donors (Lipinski definition) is 1. The molecule has 4 heteroatoms. The minimum absolute atomic E-state index is 0.0933. The van der Waals surface area contributed by atoms with Crippen LogP contribution in [0.4, 0.5) is 0 Å². The highest BCUT2D eigenvalue weighted by atomic mass is 16.5. The molecule has 0 fully saturated rings. The lowest BCUT2D eigenvalue weighted by molar-refractivity contribution is 0.229. The number of nitrogens with two attached hydrogens (primary N) is 1. The molecular weight excluding hydrogens is 266 g/mol. The van der Waals surface area contributed by atoms with E-state index < -0.39 is 0 Å². The van der Waals surface area contributed by atoms with Crippen LogP contribution < -0.4 is 19.9 Å². The molecule has 120 valence electrons. The third kappa shape index (κ3) is 5.46. The van der Waals surface area contributed by atoms with Gasteiger partial charge in [0.15, 0.2) is 11.5 Å². The number of ether oxygens (including phenoxy) is 3. The Bertz CT molecular complexity index is 407. The zero-order valence-electron chi connectivity index (χ0n) is 13.9. The summed E-state index contributed by atoms with van der Waals surface area (Å²) < 4.78 is 16.9. The Balaban J connectivity index is 2.95. The maximum atomic E-state index is 5.94. The van der Waals surface area contributed by atoms with Crippen molar-refractivity contribution in [3.63, 3.8) is 0 Å². The quantitative estimate of drug-likeness (QED) is 0.758. The Labute approximate surface area is 128 Å². The Kier molecular flexibility index (Phi) is 7.37. The third-order valence-electron chi connectivity index (χ3n) is 3.37. The highest BCUT2D eigenvalue weighted by molar-refractivity contribution is 5.54. The van der Waals surface area contributed by atoms with Gasteiger partial charge in [0, 0.05) is 6.04 Å². The van der Waals surface area contributed by atoms with Gasteiger partial charge in [-0.2, -0.15) is 0 Å². The fraction of sp³-hybridized carbons (Fsp3) is 0.647. The first kappa shape index (κ1) is 17.6. The molecule has 0 amide bonds. The van der Waals surface area contributed by atoms with Crippen LogP contribution in [0.15, 0.2) is 12.1 Å². The molecule has 0 spiro atoms. The van der Waals surface area contributed by atoms with Gasteiger partial charge in [0.2, 0.25) is 5.75 Å². The molecule has 0 aliphatic rings. The lowest BCUT2D eigenvalue weighted by atomic mass is 10.1. The lowest BCUT2D eigenvalue weighted by Gasteiger charge is -2.18. The van der Waals surface area contributed by atoms with Crippen LogP contribution in [-0.4, -0.2) is 26.9 Å². The Morgan fingerprint density at radius 1 is 1.10 bits per heavy atom. The molecule has 0 aliphatic heterocycles. The van der Waals surface area contributed by atoms with Crippen molar-refractivity contribution in [1.29, 1.82) is 0 Å². The second-order valence-electron chi connectivity index (χ2n) is 5.72. The van der Waals surface area contributed by atoms with E-state index in [-0.39, 0.29) is 6.04 Å². The van der Waals surface area contributed by atoms with Gasteiger partial charge in [-0.05, 0) is 43.4 Å². The zero-order valence-corrected chi connectivity index (χ0v) is 13.9. The predicted molar refractivity (Wildman–Crippen MR) is 86.5 cm³/mol. The van der Waals surface area contributed by atoms with E-state index >= 15 is 0 Å². The summed E-state index contributed by atoms with van der Waals surface area (Å²) in [6, 6.07) is 4.05. The largest absolute Gasteiger partial charge is 0.493 e. The van der Waals surface area contributed by atoms with Crippen LogP contribution in [-0.2, 0) is 6.42 Å². The molecule has 0 bridgehead atoms. The van der Waals surface area contributed by atoms with Gasteiger partial charge in [-0.15, -0.1) is 0 Å². The van der Waals surface area contributed by atoms with Gasteiger partial charge in [0.1, 0.15) is 0 Å². The van der Waals surface area contributed by atoms with Crippen molar-refractivity contribution >= 4 is 0 Å². The van der Waals surface area contributed by atoms with Crippen molar-refractivity contribution in [3.05, 3.63) is 17.7 Å². The highest BCUT2D eigenvalue weighted by Gasteiger charge is 2.16. The Morgan fingerprint density at radius 2 is 1.67 bits per heavy atom. The SMILES string of the molecule is CCCC(C)COc1c(OC)cc(CC(C)N)cc1OC. The second-order valence-corrected chi connectivity index (χ2v) is 5.72. The summed E-state index contributed by atoms with van der Waals surface area (Å²) in [6.07, 6.45) is 3.08. The van der Waals surface area contributed by atoms with Crippen LogP contribution in [0.3, 0.4) is 0 Å². The summed E-state index contributed by atoms with van der Waals surface area (Å²) in [7, 11) is 3.29. The van der Waals surface area contributed by atoms with Gasteiger partial charge in [-0.1, -0.05) is 20.3 Å². The smallest absolute Gasteiger partial charge is 0.203 e. The summed E-state index contributed by atoms with van der Waals surface area (Å²) in [4.78, 5) is 0. The topological polar surface area (TPSA) is 53.7 Å². The van der Waals surface area contributed by atoms with E-state index in [1.165, 1.54) is 0 Å². The summed E-state index contributed by atoms with van der Waals surface area (Å²) in [6.45, 7) is 7.01. The van der Waals surface area contributed by atoms with Gasteiger partial charge in [-0.3, -0.25) is 0 Å². The Morgan fingerprint density at radius 3 is 2.10 bits per heavy atom. The van der Waals surface area contributed by atoms with Gasteiger partial charge < -0.3 is 19.9 Å². The van der Waals surface area contributed by atoms with E-state index in [0.717, 1.165) is 24.8 Å². The second kappa shape index (κ2) is 8.78. The molecule has 2 atom stereocenters.